The Hall–Kier alpha value is -1.90. The summed E-state index contributed by atoms with van der Waals surface area (Å²) < 4.78 is 59.4. The first kappa shape index (κ1) is 30.1. The van der Waals surface area contributed by atoms with Gasteiger partial charge in [-0.15, -0.1) is 0 Å². The van der Waals surface area contributed by atoms with Gasteiger partial charge < -0.3 is 58.0 Å². The predicted octanol–water partition coefficient (Wildman–Crippen LogP) is 0.0152. The van der Waals surface area contributed by atoms with Crippen molar-refractivity contribution in [2.24, 2.45) is 0 Å². The zero-order chi connectivity index (χ0) is 30.2. The SMILES string of the molecule is CC1(C)O[C@H]2O[C@H]3[C@H](OC(C)(C)O[C@@H]3C(=O)NCC#CCNC(=O)[C@H]3OC(C)(C)O[C@@H]4[C@H]5OC(C)(C)O[C@H]5O[C@@H]43)[C@H]2O1. The fraction of sp³-hybridized carbons (Fsp3) is 0.857. The van der Waals surface area contributed by atoms with Gasteiger partial charge in [0.05, 0.1) is 13.1 Å². The molecule has 6 saturated heterocycles. The highest BCUT2D eigenvalue weighted by molar-refractivity contribution is 5.82. The summed E-state index contributed by atoms with van der Waals surface area (Å²) in [5.74, 6) is 1.17. The Morgan fingerprint density at radius 2 is 0.833 bits per heavy atom. The summed E-state index contributed by atoms with van der Waals surface area (Å²) in [6, 6.07) is 0. The van der Waals surface area contributed by atoms with E-state index in [1.54, 1.807) is 55.4 Å². The van der Waals surface area contributed by atoms with Crippen LogP contribution in [-0.4, -0.2) is 109 Å². The molecule has 0 unspecified atom stereocenters. The summed E-state index contributed by atoms with van der Waals surface area (Å²) >= 11 is 0. The van der Waals surface area contributed by atoms with E-state index in [1.165, 1.54) is 0 Å². The Morgan fingerprint density at radius 3 is 1.21 bits per heavy atom. The molecule has 0 aliphatic carbocycles. The number of carbonyl (C=O) groups is 2. The van der Waals surface area contributed by atoms with Crippen molar-refractivity contribution < 1.29 is 57.0 Å². The Bertz CT molecular complexity index is 1080. The Labute approximate surface area is 244 Å². The second-order valence-electron chi connectivity index (χ2n) is 13.0. The fourth-order valence-electron chi connectivity index (χ4n) is 6.21. The molecule has 2 amide bonds. The van der Waals surface area contributed by atoms with E-state index in [2.05, 4.69) is 22.5 Å². The predicted molar refractivity (Wildman–Crippen MR) is 139 cm³/mol. The van der Waals surface area contributed by atoms with Crippen LogP contribution in [0, 0.1) is 11.8 Å². The number of hydrogen-bond acceptors (Lipinski definition) is 12. The minimum absolute atomic E-state index is 0.0303. The third kappa shape index (κ3) is 5.80. The number of nitrogens with one attached hydrogen (secondary N) is 2. The third-order valence-electron chi connectivity index (χ3n) is 7.66. The summed E-state index contributed by atoms with van der Waals surface area (Å²) in [7, 11) is 0. The normalized spacial score (nSPS) is 43.2. The van der Waals surface area contributed by atoms with Crippen molar-refractivity contribution in [2.75, 3.05) is 13.1 Å². The van der Waals surface area contributed by atoms with E-state index < -0.39 is 96.4 Å². The molecule has 14 nitrogen and oxygen atoms in total. The molecule has 6 aliphatic heterocycles. The van der Waals surface area contributed by atoms with Gasteiger partial charge in [0.2, 0.25) is 0 Å². The van der Waals surface area contributed by atoms with Gasteiger partial charge in [0.25, 0.3) is 11.8 Å². The van der Waals surface area contributed by atoms with Crippen molar-refractivity contribution >= 4 is 11.8 Å². The van der Waals surface area contributed by atoms with Gasteiger partial charge in [-0.2, -0.15) is 0 Å². The molecule has 6 fully saturated rings. The molecular formula is C28H40N2O12. The molecule has 0 spiro atoms. The molecule has 2 N–H and O–H groups in total. The van der Waals surface area contributed by atoms with Crippen molar-refractivity contribution in [3.63, 3.8) is 0 Å². The van der Waals surface area contributed by atoms with Crippen molar-refractivity contribution in [1.82, 2.24) is 10.6 Å². The van der Waals surface area contributed by atoms with E-state index in [9.17, 15) is 9.59 Å². The molecular weight excluding hydrogens is 556 g/mol. The van der Waals surface area contributed by atoms with Crippen LogP contribution in [0.15, 0.2) is 0 Å². The standard InChI is InChI=1S/C28H40N2O12/c1-25(2)35-15-13(33-23-19(15)39-27(5,6)41-23)17(37-25)21(31)29-11-9-10-12-30-22(32)18-14-16(36-26(3,4)38-18)20-24(34-14)42-28(7,8)40-20/h13-20,23-24H,11-12H2,1-8H3,(H,29,31)(H,30,32)/t13-,14-,15-,16-,17-,18-,19+,20+,23+,24+/m0/s1. The molecule has 42 heavy (non-hydrogen) atoms. The zero-order valence-corrected chi connectivity index (χ0v) is 25.1. The molecule has 6 rings (SSSR count). The highest BCUT2D eigenvalue weighted by Crippen LogP contribution is 2.45. The van der Waals surface area contributed by atoms with Crippen LogP contribution in [-0.2, 0) is 57.0 Å². The summed E-state index contributed by atoms with van der Waals surface area (Å²) in [5, 5.41) is 5.50. The number of hydrogen-bond donors (Lipinski definition) is 2. The number of ether oxygens (including phenoxy) is 10. The van der Waals surface area contributed by atoms with Crippen molar-refractivity contribution in [1.29, 1.82) is 0 Å². The van der Waals surface area contributed by atoms with Gasteiger partial charge in [-0.3, -0.25) is 9.59 Å². The number of rotatable bonds is 4. The molecule has 0 bridgehead atoms. The Kier molecular flexibility index (Phi) is 7.42. The van der Waals surface area contributed by atoms with E-state index in [1.807, 2.05) is 0 Å². The highest BCUT2D eigenvalue weighted by Gasteiger charge is 2.63. The minimum atomic E-state index is -1.04. The molecule has 14 heteroatoms. The van der Waals surface area contributed by atoms with Crippen LogP contribution in [0.4, 0.5) is 0 Å². The maximum atomic E-state index is 13.1. The van der Waals surface area contributed by atoms with Crippen LogP contribution in [0.2, 0.25) is 0 Å². The van der Waals surface area contributed by atoms with Gasteiger partial charge in [0.1, 0.15) is 36.6 Å². The molecule has 0 aromatic heterocycles. The first-order valence-corrected chi connectivity index (χ1v) is 14.3. The molecule has 234 valence electrons. The molecule has 0 aromatic carbocycles. The Balaban J connectivity index is 0.999. The Morgan fingerprint density at radius 1 is 0.500 bits per heavy atom. The first-order valence-electron chi connectivity index (χ1n) is 14.3. The van der Waals surface area contributed by atoms with Gasteiger partial charge in [-0.05, 0) is 55.4 Å². The molecule has 0 aromatic rings. The summed E-state index contributed by atoms with van der Waals surface area (Å²) in [5.41, 5.74) is 0. The number of fused-ring (bicyclic) bond motifs is 6. The maximum Gasteiger partial charge on any atom is 0.252 e. The summed E-state index contributed by atoms with van der Waals surface area (Å²) in [6.07, 6.45) is -6.67. The molecule has 10 atom stereocenters. The van der Waals surface area contributed by atoms with E-state index in [4.69, 9.17) is 47.4 Å². The van der Waals surface area contributed by atoms with Crippen LogP contribution in [0.25, 0.3) is 0 Å². The lowest BCUT2D eigenvalue weighted by Gasteiger charge is -2.42. The van der Waals surface area contributed by atoms with Crippen LogP contribution < -0.4 is 10.6 Å². The molecule has 6 heterocycles. The van der Waals surface area contributed by atoms with Crippen LogP contribution in [0.5, 0.6) is 0 Å². The van der Waals surface area contributed by atoms with Crippen molar-refractivity contribution in [3.8, 4) is 11.8 Å². The number of amides is 2. The molecule has 6 aliphatic rings. The van der Waals surface area contributed by atoms with Gasteiger partial charge in [0.15, 0.2) is 47.9 Å². The average Bonchev–Trinajstić information content (AvgIpc) is 3.54. The van der Waals surface area contributed by atoms with Crippen LogP contribution in [0.3, 0.4) is 0 Å². The molecule has 0 saturated carbocycles. The van der Waals surface area contributed by atoms with Gasteiger partial charge >= 0.3 is 0 Å². The topological polar surface area (TPSA) is 150 Å². The van der Waals surface area contributed by atoms with Gasteiger partial charge in [-0.25, -0.2) is 0 Å². The third-order valence-corrected chi connectivity index (χ3v) is 7.66. The lowest BCUT2D eigenvalue weighted by molar-refractivity contribution is -0.336. The second kappa shape index (κ2) is 10.3. The smallest absolute Gasteiger partial charge is 0.252 e. The monoisotopic (exact) mass is 596 g/mol. The maximum absolute atomic E-state index is 13.1. The zero-order valence-electron chi connectivity index (χ0n) is 25.1. The van der Waals surface area contributed by atoms with Crippen LogP contribution in [0.1, 0.15) is 55.4 Å². The van der Waals surface area contributed by atoms with E-state index in [0.29, 0.717) is 0 Å². The van der Waals surface area contributed by atoms with E-state index >= 15 is 0 Å². The van der Waals surface area contributed by atoms with Gasteiger partial charge in [-0.1, -0.05) is 11.8 Å². The van der Waals surface area contributed by atoms with Crippen molar-refractivity contribution in [2.45, 2.75) is 140 Å². The lowest BCUT2D eigenvalue weighted by Crippen LogP contribution is -2.60. The first-order chi connectivity index (χ1) is 19.5. The average molecular weight is 597 g/mol. The molecule has 0 radical (unpaired) electrons. The quantitative estimate of drug-likeness (QED) is 0.421. The highest BCUT2D eigenvalue weighted by atomic mass is 16.9. The van der Waals surface area contributed by atoms with E-state index in [-0.39, 0.29) is 13.1 Å². The number of carbonyl (C=O) groups excluding carboxylic acids is 2. The largest absolute Gasteiger partial charge is 0.343 e. The minimum Gasteiger partial charge on any atom is -0.343 e. The fourth-order valence-corrected chi connectivity index (χ4v) is 6.21. The lowest BCUT2D eigenvalue weighted by atomic mass is 10.0. The van der Waals surface area contributed by atoms with Crippen LogP contribution >= 0.6 is 0 Å². The summed E-state index contributed by atoms with van der Waals surface area (Å²) in [6.45, 7) is 14.2. The van der Waals surface area contributed by atoms with E-state index in [0.717, 1.165) is 0 Å². The van der Waals surface area contributed by atoms with Crippen molar-refractivity contribution in [3.05, 3.63) is 0 Å². The summed E-state index contributed by atoms with van der Waals surface area (Å²) in [4.78, 5) is 26.1. The second-order valence-corrected chi connectivity index (χ2v) is 13.0. The van der Waals surface area contributed by atoms with Gasteiger partial charge in [0, 0.05) is 0 Å².